The summed E-state index contributed by atoms with van der Waals surface area (Å²) >= 11 is 0. The molecule has 0 amide bonds. The summed E-state index contributed by atoms with van der Waals surface area (Å²) < 4.78 is 11.0. The minimum Gasteiger partial charge on any atom is -0.454 e. The van der Waals surface area contributed by atoms with Crippen LogP contribution in [0, 0.1) is 0 Å². The topological polar surface area (TPSA) is 30.5 Å². The Hall–Kier alpha value is -2.00. The van der Waals surface area contributed by atoms with Gasteiger partial charge < -0.3 is 14.8 Å². The van der Waals surface area contributed by atoms with Crippen molar-refractivity contribution in [3.8, 4) is 11.5 Å². The van der Waals surface area contributed by atoms with Crippen molar-refractivity contribution in [2.45, 2.75) is 12.5 Å². The van der Waals surface area contributed by atoms with E-state index in [0.29, 0.717) is 6.79 Å². The van der Waals surface area contributed by atoms with Gasteiger partial charge in [0, 0.05) is 6.54 Å². The maximum Gasteiger partial charge on any atom is 0.231 e. The molecule has 0 aliphatic carbocycles. The van der Waals surface area contributed by atoms with Gasteiger partial charge in [-0.25, -0.2) is 0 Å². The second-order valence-electron chi connectivity index (χ2n) is 4.95. The molecule has 2 aliphatic heterocycles. The van der Waals surface area contributed by atoms with Gasteiger partial charge in [-0.2, -0.15) is 0 Å². The average molecular weight is 253 g/mol. The number of rotatable bonds is 1. The molecular formula is C16H15NO2. The van der Waals surface area contributed by atoms with Crippen LogP contribution in [-0.4, -0.2) is 13.3 Å². The lowest BCUT2D eigenvalue weighted by Crippen LogP contribution is -2.30. The molecule has 0 fully saturated rings. The molecule has 0 unspecified atom stereocenters. The fraction of sp³-hybridized carbons (Fsp3) is 0.250. The number of hydrogen-bond acceptors (Lipinski definition) is 3. The minimum absolute atomic E-state index is 0.249. The molecule has 3 nitrogen and oxygen atoms in total. The fourth-order valence-corrected chi connectivity index (χ4v) is 2.89. The van der Waals surface area contributed by atoms with E-state index in [1.54, 1.807) is 0 Å². The van der Waals surface area contributed by atoms with Crippen LogP contribution < -0.4 is 14.8 Å². The monoisotopic (exact) mass is 253 g/mol. The molecule has 2 aliphatic rings. The lowest BCUT2D eigenvalue weighted by molar-refractivity contribution is 0.174. The first-order chi connectivity index (χ1) is 9.42. The Kier molecular flexibility index (Phi) is 2.45. The van der Waals surface area contributed by atoms with Gasteiger partial charge in [0.2, 0.25) is 6.79 Å². The molecule has 19 heavy (non-hydrogen) atoms. The van der Waals surface area contributed by atoms with Gasteiger partial charge >= 0.3 is 0 Å². The van der Waals surface area contributed by atoms with Crippen molar-refractivity contribution in [3.05, 3.63) is 59.2 Å². The fourth-order valence-electron chi connectivity index (χ4n) is 2.89. The number of nitrogens with one attached hydrogen (secondary N) is 1. The van der Waals surface area contributed by atoms with Crippen molar-refractivity contribution in [2.75, 3.05) is 13.3 Å². The molecule has 4 rings (SSSR count). The summed E-state index contributed by atoms with van der Waals surface area (Å²) in [6, 6.07) is 15.0. The van der Waals surface area contributed by atoms with Crippen molar-refractivity contribution in [1.29, 1.82) is 0 Å². The molecule has 96 valence electrons. The van der Waals surface area contributed by atoms with Crippen molar-refractivity contribution in [1.82, 2.24) is 5.32 Å². The lowest BCUT2D eigenvalue weighted by Gasteiger charge is -2.27. The molecule has 2 aromatic carbocycles. The zero-order chi connectivity index (χ0) is 12.7. The van der Waals surface area contributed by atoms with Gasteiger partial charge in [0.05, 0.1) is 6.04 Å². The van der Waals surface area contributed by atoms with E-state index in [2.05, 4.69) is 41.7 Å². The first-order valence-electron chi connectivity index (χ1n) is 6.62. The van der Waals surface area contributed by atoms with E-state index >= 15 is 0 Å². The second kappa shape index (κ2) is 4.28. The molecular weight excluding hydrogens is 238 g/mol. The van der Waals surface area contributed by atoms with Gasteiger partial charge in [-0.05, 0) is 35.2 Å². The van der Waals surface area contributed by atoms with Crippen LogP contribution in [0.3, 0.4) is 0 Å². The molecule has 2 heterocycles. The normalized spacial score (nSPS) is 20.1. The number of hydrogen-bond donors (Lipinski definition) is 1. The summed E-state index contributed by atoms with van der Waals surface area (Å²) in [6.07, 6.45) is 1.04. The van der Waals surface area contributed by atoms with E-state index in [4.69, 9.17) is 9.47 Å². The summed E-state index contributed by atoms with van der Waals surface area (Å²) in [5.41, 5.74) is 3.96. The van der Waals surface area contributed by atoms with Crippen LogP contribution in [0.5, 0.6) is 11.5 Å². The van der Waals surface area contributed by atoms with Crippen LogP contribution in [0.4, 0.5) is 0 Å². The minimum atomic E-state index is 0.249. The third-order valence-corrected chi connectivity index (χ3v) is 3.82. The quantitative estimate of drug-likeness (QED) is 0.847. The predicted molar refractivity (Wildman–Crippen MR) is 72.6 cm³/mol. The summed E-state index contributed by atoms with van der Waals surface area (Å²) in [5, 5.41) is 3.59. The molecule has 1 N–H and O–H groups in total. The Morgan fingerprint density at radius 1 is 1.00 bits per heavy atom. The van der Waals surface area contributed by atoms with Crippen LogP contribution in [-0.2, 0) is 6.42 Å². The number of fused-ring (bicyclic) bond motifs is 2. The summed E-state index contributed by atoms with van der Waals surface area (Å²) in [7, 11) is 0. The second-order valence-corrected chi connectivity index (χ2v) is 4.95. The largest absolute Gasteiger partial charge is 0.454 e. The van der Waals surface area contributed by atoms with E-state index < -0.39 is 0 Å². The maximum absolute atomic E-state index is 5.50. The highest BCUT2D eigenvalue weighted by Crippen LogP contribution is 2.39. The van der Waals surface area contributed by atoms with Gasteiger partial charge in [-0.1, -0.05) is 30.3 Å². The van der Waals surface area contributed by atoms with Gasteiger partial charge in [-0.3, -0.25) is 0 Å². The van der Waals surface area contributed by atoms with Crippen LogP contribution in [0.25, 0.3) is 0 Å². The molecule has 0 aromatic heterocycles. The van der Waals surface area contributed by atoms with E-state index in [1.165, 1.54) is 16.7 Å². The molecule has 0 spiro atoms. The highest BCUT2D eigenvalue weighted by atomic mass is 16.7. The molecule has 0 bridgehead atoms. The van der Waals surface area contributed by atoms with Gasteiger partial charge in [0.1, 0.15) is 0 Å². The van der Waals surface area contributed by atoms with Crippen LogP contribution in [0.2, 0.25) is 0 Å². The molecule has 0 saturated carbocycles. The van der Waals surface area contributed by atoms with Crippen molar-refractivity contribution in [2.24, 2.45) is 0 Å². The average Bonchev–Trinajstić information content (AvgIpc) is 2.92. The standard InChI is InChI=1S/C16H15NO2/c1-2-4-11(5-3-1)16-13-9-15-14(18-10-19-15)8-12(13)6-7-17-16/h1-5,8-9,16-17H,6-7,10H2/t16-/m1/s1. The van der Waals surface area contributed by atoms with Crippen molar-refractivity contribution in [3.63, 3.8) is 0 Å². The van der Waals surface area contributed by atoms with Gasteiger partial charge in [-0.15, -0.1) is 0 Å². The van der Waals surface area contributed by atoms with Crippen molar-refractivity contribution >= 4 is 0 Å². The molecule has 3 heteroatoms. The first-order valence-corrected chi connectivity index (χ1v) is 6.62. The Labute approximate surface area is 112 Å². The molecule has 2 aromatic rings. The van der Waals surface area contributed by atoms with E-state index in [1.807, 2.05) is 6.07 Å². The Morgan fingerprint density at radius 3 is 2.63 bits per heavy atom. The smallest absolute Gasteiger partial charge is 0.231 e. The first kappa shape index (κ1) is 10.9. The zero-order valence-corrected chi connectivity index (χ0v) is 10.6. The molecule has 0 radical (unpaired) electrons. The highest BCUT2D eigenvalue weighted by Gasteiger charge is 2.25. The van der Waals surface area contributed by atoms with E-state index in [-0.39, 0.29) is 6.04 Å². The molecule has 1 atom stereocenters. The van der Waals surface area contributed by atoms with E-state index in [0.717, 1.165) is 24.5 Å². The van der Waals surface area contributed by atoms with E-state index in [9.17, 15) is 0 Å². The number of ether oxygens (including phenoxy) is 2. The predicted octanol–water partition coefficient (Wildman–Crippen LogP) is 2.65. The zero-order valence-electron chi connectivity index (χ0n) is 10.6. The Balaban J connectivity index is 1.82. The van der Waals surface area contributed by atoms with Gasteiger partial charge in [0.15, 0.2) is 11.5 Å². The Bertz CT molecular complexity index is 610. The Morgan fingerprint density at radius 2 is 1.79 bits per heavy atom. The lowest BCUT2D eigenvalue weighted by atomic mass is 9.89. The SMILES string of the molecule is c1ccc([C@H]2NCCc3cc4c(cc32)OCO4)cc1. The van der Waals surface area contributed by atoms with Crippen molar-refractivity contribution < 1.29 is 9.47 Å². The van der Waals surface area contributed by atoms with Crippen LogP contribution >= 0.6 is 0 Å². The molecule has 0 saturated heterocycles. The summed E-state index contributed by atoms with van der Waals surface area (Å²) in [5.74, 6) is 1.75. The summed E-state index contributed by atoms with van der Waals surface area (Å²) in [4.78, 5) is 0. The number of benzene rings is 2. The van der Waals surface area contributed by atoms with Gasteiger partial charge in [0.25, 0.3) is 0 Å². The van der Waals surface area contributed by atoms with Crippen LogP contribution in [0.15, 0.2) is 42.5 Å². The van der Waals surface area contributed by atoms with Crippen LogP contribution in [0.1, 0.15) is 22.7 Å². The third kappa shape index (κ3) is 1.78. The maximum atomic E-state index is 5.50. The highest BCUT2D eigenvalue weighted by molar-refractivity contribution is 5.52. The third-order valence-electron chi connectivity index (χ3n) is 3.82. The summed E-state index contributed by atoms with van der Waals surface area (Å²) in [6.45, 7) is 1.33.